The van der Waals surface area contributed by atoms with E-state index in [0.717, 1.165) is 28.0 Å². The molecule has 1 amide bonds. The third-order valence-corrected chi connectivity index (χ3v) is 6.30. The van der Waals surface area contributed by atoms with E-state index in [1.165, 1.54) is 0 Å². The quantitative estimate of drug-likeness (QED) is 0.462. The van der Waals surface area contributed by atoms with Crippen molar-refractivity contribution in [2.75, 3.05) is 27.4 Å². The minimum Gasteiger partial charge on any atom is -0.493 e. The second-order valence-electron chi connectivity index (χ2n) is 8.28. The number of methoxy groups -OCH3 is 2. The van der Waals surface area contributed by atoms with E-state index in [0.29, 0.717) is 41.7 Å². The van der Waals surface area contributed by atoms with Crippen LogP contribution < -0.4 is 14.2 Å². The molecule has 0 saturated heterocycles. The van der Waals surface area contributed by atoms with Crippen molar-refractivity contribution in [2.24, 2.45) is 0 Å². The summed E-state index contributed by atoms with van der Waals surface area (Å²) in [6.07, 6.45) is 0.700. The van der Waals surface area contributed by atoms with E-state index in [2.05, 4.69) is 6.07 Å². The summed E-state index contributed by atoms with van der Waals surface area (Å²) < 4.78 is 17.3. The van der Waals surface area contributed by atoms with Crippen LogP contribution in [0.2, 0.25) is 5.02 Å². The molecule has 0 spiro atoms. The van der Waals surface area contributed by atoms with Crippen molar-refractivity contribution >= 4 is 17.5 Å². The zero-order chi connectivity index (χ0) is 23.5. The normalized spacial score (nSPS) is 15.1. The molecule has 0 bridgehead atoms. The van der Waals surface area contributed by atoms with E-state index in [1.807, 2.05) is 55.1 Å². The number of hydrogen-bond acceptors (Lipinski definition) is 4. The Bertz CT molecular complexity index is 1160. The Kier molecular flexibility index (Phi) is 6.80. The lowest BCUT2D eigenvalue weighted by atomic mass is 9.91. The molecule has 5 nitrogen and oxygen atoms in total. The highest BCUT2D eigenvalue weighted by atomic mass is 35.5. The fourth-order valence-electron chi connectivity index (χ4n) is 4.43. The third-order valence-electron chi connectivity index (χ3n) is 5.97. The fraction of sp³-hybridized carbons (Fsp3) is 0.296. The van der Waals surface area contributed by atoms with Crippen LogP contribution in [0.15, 0.2) is 54.6 Å². The molecular weight excluding hydrogens is 438 g/mol. The molecular formula is C27H28ClNO4. The van der Waals surface area contributed by atoms with Gasteiger partial charge in [-0.3, -0.25) is 4.79 Å². The van der Waals surface area contributed by atoms with Gasteiger partial charge in [0.2, 0.25) is 0 Å². The SMILES string of the molecule is COc1cc2c(cc1OC)C(COc1cc(C)cc(C)c1)N(C(=O)c1ccccc1Cl)CC2. The van der Waals surface area contributed by atoms with Crippen LogP contribution >= 0.6 is 11.6 Å². The summed E-state index contributed by atoms with van der Waals surface area (Å²) in [5.41, 5.74) is 4.85. The number of benzene rings is 3. The lowest BCUT2D eigenvalue weighted by Crippen LogP contribution is -2.42. The molecule has 0 fully saturated rings. The van der Waals surface area contributed by atoms with Gasteiger partial charge >= 0.3 is 0 Å². The number of hydrogen-bond donors (Lipinski definition) is 0. The molecule has 0 N–H and O–H groups in total. The first kappa shape index (κ1) is 23.0. The Hall–Kier alpha value is -3.18. The van der Waals surface area contributed by atoms with Crippen LogP contribution in [0.3, 0.4) is 0 Å². The Balaban J connectivity index is 1.73. The summed E-state index contributed by atoms with van der Waals surface area (Å²) in [7, 11) is 3.24. The third kappa shape index (κ3) is 4.79. The van der Waals surface area contributed by atoms with Gasteiger partial charge in [-0.25, -0.2) is 0 Å². The van der Waals surface area contributed by atoms with E-state index < -0.39 is 0 Å². The standard InChI is InChI=1S/C27H28ClNO4/c1-17-11-18(2)13-20(12-17)33-16-24-22-15-26(32-4)25(31-3)14-19(22)9-10-29(24)27(30)21-7-5-6-8-23(21)28/h5-8,11-15,24H,9-10,16H2,1-4H3. The van der Waals surface area contributed by atoms with Crippen molar-refractivity contribution in [3.8, 4) is 17.2 Å². The number of fused-ring (bicyclic) bond motifs is 1. The summed E-state index contributed by atoms with van der Waals surface area (Å²) in [6, 6.07) is 16.9. The number of carbonyl (C=O) groups excluding carboxylic acids is 1. The minimum atomic E-state index is -0.307. The Labute approximate surface area is 199 Å². The summed E-state index contributed by atoms with van der Waals surface area (Å²) in [5.74, 6) is 1.97. The Morgan fingerprint density at radius 1 is 1.00 bits per heavy atom. The molecule has 1 atom stereocenters. The van der Waals surface area contributed by atoms with Crippen molar-refractivity contribution in [1.29, 1.82) is 0 Å². The lowest BCUT2D eigenvalue weighted by Gasteiger charge is -2.38. The predicted octanol–water partition coefficient (Wildman–Crippen LogP) is 5.79. The van der Waals surface area contributed by atoms with Gasteiger partial charge in [0, 0.05) is 6.54 Å². The molecule has 0 saturated carbocycles. The second kappa shape index (κ2) is 9.75. The number of nitrogens with zero attached hydrogens (tertiary/aromatic N) is 1. The first-order valence-electron chi connectivity index (χ1n) is 10.9. The van der Waals surface area contributed by atoms with Gasteiger partial charge in [0.25, 0.3) is 5.91 Å². The average Bonchev–Trinajstić information content (AvgIpc) is 2.80. The molecule has 0 aromatic heterocycles. The largest absolute Gasteiger partial charge is 0.493 e. The van der Waals surface area contributed by atoms with E-state index in [4.69, 9.17) is 25.8 Å². The van der Waals surface area contributed by atoms with Crippen molar-refractivity contribution in [2.45, 2.75) is 26.3 Å². The molecule has 0 aliphatic carbocycles. The molecule has 3 aromatic rings. The molecule has 1 aliphatic rings. The Morgan fingerprint density at radius 3 is 2.33 bits per heavy atom. The van der Waals surface area contributed by atoms with Crippen molar-refractivity contribution < 1.29 is 19.0 Å². The maximum absolute atomic E-state index is 13.6. The topological polar surface area (TPSA) is 48.0 Å². The van der Waals surface area contributed by atoms with Crippen LogP contribution in [-0.2, 0) is 6.42 Å². The maximum atomic E-state index is 13.6. The molecule has 1 aliphatic heterocycles. The summed E-state index contributed by atoms with van der Waals surface area (Å²) in [4.78, 5) is 15.4. The van der Waals surface area contributed by atoms with Crippen molar-refractivity contribution in [3.63, 3.8) is 0 Å². The first-order chi connectivity index (χ1) is 15.9. The van der Waals surface area contributed by atoms with Crippen LogP contribution in [0, 0.1) is 13.8 Å². The molecule has 3 aromatic carbocycles. The van der Waals surface area contributed by atoms with Crippen molar-refractivity contribution in [3.05, 3.63) is 87.4 Å². The molecule has 1 unspecified atom stereocenters. The van der Waals surface area contributed by atoms with Crippen LogP contribution in [-0.4, -0.2) is 38.2 Å². The predicted molar refractivity (Wildman–Crippen MR) is 130 cm³/mol. The number of amides is 1. The zero-order valence-electron chi connectivity index (χ0n) is 19.4. The van der Waals surface area contributed by atoms with E-state index in [9.17, 15) is 4.79 Å². The highest BCUT2D eigenvalue weighted by molar-refractivity contribution is 6.33. The van der Waals surface area contributed by atoms with Gasteiger partial charge in [0.15, 0.2) is 11.5 Å². The summed E-state index contributed by atoms with van der Waals surface area (Å²) in [6.45, 7) is 4.94. The van der Waals surface area contributed by atoms with Gasteiger partial charge in [-0.2, -0.15) is 0 Å². The molecule has 1 heterocycles. The van der Waals surface area contributed by atoms with Gasteiger partial charge < -0.3 is 19.1 Å². The number of ether oxygens (including phenoxy) is 3. The zero-order valence-corrected chi connectivity index (χ0v) is 20.1. The molecule has 6 heteroatoms. The van der Waals surface area contributed by atoms with Gasteiger partial charge in [0.1, 0.15) is 12.4 Å². The molecule has 33 heavy (non-hydrogen) atoms. The molecule has 0 radical (unpaired) electrons. The van der Waals surface area contributed by atoms with E-state index in [-0.39, 0.29) is 11.9 Å². The smallest absolute Gasteiger partial charge is 0.256 e. The number of aryl methyl sites for hydroxylation is 2. The average molecular weight is 466 g/mol. The second-order valence-corrected chi connectivity index (χ2v) is 8.69. The maximum Gasteiger partial charge on any atom is 0.256 e. The van der Waals surface area contributed by atoms with Crippen LogP contribution in [0.5, 0.6) is 17.2 Å². The van der Waals surface area contributed by atoms with Gasteiger partial charge in [0.05, 0.1) is 30.8 Å². The van der Waals surface area contributed by atoms with Crippen LogP contribution in [0.4, 0.5) is 0 Å². The Morgan fingerprint density at radius 2 is 1.67 bits per heavy atom. The molecule has 4 rings (SSSR count). The molecule has 172 valence electrons. The number of rotatable bonds is 6. The van der Waals surface area contributed by atoms with Crippen molar-refractivity contribution in [1.82, 2.24) is 4.90 Å². The first-order valence-corrected chi connectivity index (χ1v) is 11.3. The highest BCUT2D eigenvalue weighted by Crippen LogP contribution is 2.39. The minimum absolute atomic E-state index is 0.116. The summed E-state index contributed by atoms with van der Waals surface area (Å²) in [5, 5.41) is 0.439. The monoisotopic (exact) mass is 465 g/mol. The van der Waals surface area contributed by atoms with Gasteiger partial charge in [-0.15, -0.1) is 0 Å². The van der Waals surface area contributed by atoms with Crippen LogP contribution in [0.1, 0.15) is 38.7 Å². The highest BCUT2D eigenvalue weighted by Gasteiger charge is 2.34. The van der Waals surface area contributed by atoms with Gasteiger partial charge in [-0.1, -0.05) is 29.8 Å². The number of carbonyl (C=O) groups is 1. The van der Waals surface area contributed by atoms with E-state index in [1.54, 1.807) is 26.4 Å². The van der Waals surface area contributed by atoms with Crippen LogP contribution in [0.25, 0.3) is 0 Å². The fourth-order valence-corrected chi connectivity index (χ4v) is 4.65. The van der Waals surface area contributed by atoms with E-state index >= 15 is 0 Å². The number of halogens is 1. The lowest BCUT2D eigenvalue weighted by molar-refractivity contribution is 0.0589. The van der Waals surface area contributed by atoms with Gasteiger partial charge in [-0.05, 0) is 78.9 Å². The summed E-state index contributed by atoms with van der Waals surface area (Å²) >= 11 is 6.37.